The van der Waals surface area contributed by atoms with Crippen molar-refractivity contribution in [3.05, 3.63) is 107 Å². The Bertz CT molecular complexity index is 1550. The second kappa shape index (κ2) is 18.8. The number of nitrogens with two attached hydrogens (primary N) is 1. The highest BCUT2D eigenvalue weighted by Crippen LogP contribution is 2.19. The minimum atomic E-state index is -1.69. The smallest absolute Gasteiger partial charge is 0.335 e. The summed E-state index contributed by atoms with van der Waals surface area (Å²) in [6.07, 6.45) is 5.02. The average Bonchev–Trinajstić information content (AvgIpc) is 3.09. The number of benzene rings is 3. The maximum atomic E-state index is 13.9. The van der Waals surface area contributed by atoms with Gasteiger partial charge in [-0.15, -0.1) is 0 Å². The molecule has 4 rings (SSSR count). The van der Waals surface area contributed by atoms with E-state index in [0.29, 0.717) is 36.3 Å². The molecule has 1 fully saturated rings. The molecule has 0 aromatic heterocycles. The number of carbonyl (C=O) groups excluding carboxylic acids is 2. The topological polar surface area (TPSA) is 186 Å². The Kier molecular flexibility index (Phi) is 14.3. The van der Waals surface area contributed by atoms with Gasteiger partial charge in [-0.1, -0.05) is 66.7 Å². The molecule has 3 aromatic rings. The number of carboxylic acids is 1. The fourth-order valence-electron chi connectivity index (χ4n) is 5.77. The van der Waals surface area contributed by atoms with E-state index in [-0.39, 0.29) is 29.6 Å². The number of hydrogen-bond acceptors (Lipinski definition) is 6. The van der Waals surface area contributed by atoms with Gasteiger partial charge in [0.1, 0.15) is 11.9 Å². The van der Waals surface area contributed by atoms with Crippen LogP contribution in [0.5, 0.6) is 0 Å². The molecular formula is C36H46N6O5S. The summed E-state index contributed by atoms with van der Waals surface area (Å²) in [5.74, 6) is -1.35. The molecule has 1 aliphatic heterocycles. The Hall–Kier alpha value is -4.39. The maximum Gasteiger partial charge on any atom is 0.335 e. The lowest BCUT2D eigenvalue weighted by Crippen LogP contribution is -2.53. The van der Waals surface area contributed by atoms with Crippen LogP contribution in [0.15, 0.2) is 78.9 Å². The van der Waals surface area contributed by atoms with Crippen molar-refractivity contribution in [1.29, 1.82) is 5.41 Å². The Morgan fingerprint density at radius 1 is 0.875 bits per heavy atom. The second-order valence-electron chi connectivity index (χ2n) is 12.2. The largest absolute Gasteiger partial charge is 0.478 e. The molecule has 48 heavy (non-hydrogen) atoms. The normalized spacial score (nSPS) is 15.2. The molecule has 3 aromatic carbocycles. The predicted molar refractivity (Wildman–Crippen MR) is 188 cm³/mol. The van der Waals surface area contributed by atoms with Crippen molar-refractivity contribution in [3.8, 4) is 0 Å². The van der Waals surface area contributed by atoms with E-state index >= 15 is 0 Å². The van der Waals surface area contributed by atoms with Gasteiger partial charge in [0, 0.05) is 12.1 Å². The fourth-order valence-corrected chi connectivity index (χ4v) is 6.88. The summed E-state index contributed by atoms with van der Waals surface area (Å²) < 4.78 is 16.3. The molecule has 256 valence electrons. The zero-order valence-corrected chi connectivity index (χ0v) is 27.9. The first-order valence-corrected chi connectivity index (χ1v) is 17.7. The zero-order chi connectivity index (χ0) is 34.3. The van der Waals surface area contributed by atoms with Crippen LogP contribution in [-0.2, 0) is 39.3 Å². The molecule has 0 spiro atoms. The molecule has 3 unspecified atom stereocenters. The molecule has 1 heterocycles. The number of carbonyl (C=O) groups is 3. The van der Waals surface area contributed by atoms with Gasteiger partial charge in [0.05, 0.1) is 28.3 Å². The van der Waals surface area contributed by atoms with Crippen molar-refractivity contribution in [2.45, 2.75) is 69.3 Å². The van der Waals surface area contributed by atoms with Gasteiger partial charge in [0.25, 0.3) is 0 Å². The summed E-state index contributed by atoms with van der Waals surface area (Å²) in [6.45, 7) is 2.10. The van der Waals surface area contributed by atoms with E-state index in [4.69, 9.17) is 11.1 Å². The number of carboxylic acid groups (broad SMARTS) is 1. The van der Waals surface area contributed by atoms with E-state index in [2.05, 4.69) is 20.7 Å². The van der Waals surface area contributed by atoms with Crippen LogP contribution >= 0.6 is 0 Å². The van der Waals surface area contributed by atoms with Crippen molar-refractivity contribution >= 4 is 34.6 Å². The van der Waals surface area contributed by atoms with Gasteiger partial charge in [-0.25, -0.2) is 13.7 Å². The number of nitrogens with one attached hydrogen (secondary N) is 5. The molecule has 0 aliphatic carbocycles. The second-order valence-corrected chi connectivity index (χ2v) is 13.4. The molecule has 0 bridgehead atoms. The molecular weight excluding hydrogens is 629 g/mol. The Morgan fingerprint density at radius 2 is 1.58 bits per heavy atom. The number of nitrogen functional groups attached to an aromatic ring is 1. The molecule has 3 atom stereocenters. The Balaban J connectivity index is 1.45. The van der Waals surface area contributed by atoms with Crippen LogP contribution in [0.25, 0.3) is 0 Å². The van der Waals surface area contributed by atoms with Crippen molar-refractivity contribution in [2.24, 2.45) is 11.7 Å². The molecule has 0 radical (unpaired) electrons. The lowest BCUT2D eigenvalue weighted by molar-refractivity contribution is -0.130. The molecule has 12 heteroatoms. The third-order valence-corrected chi connectivity index (χ3v) is 9.69. The number of hydrogen-bond donors (Lipinski definition) is 7. The van der Waals surface area contributed by atoms with Crippen LogP contribution in [0, 0.1) is 11.3 Å². The van der Waals surface area contributed by atoms with Gasteiger partial charge in [-0.3, -0.25) is 15.0 Å². The third-order valence-electron chi connectivity index (χ3n) is 8.55. The lowest BCUT2D eigenvalue weighted by atomic mass is 9.91. The first kappa shape index (κ1) is 36.4. The van der Waals surface area contributed by atoms with Crippen molar-refractivity contribution in [3.63, 3.8) is 0 Å². The Morgan fingerprint density at radius 3 is 2.27 bits per heavy atom. The summed E-state index contributed by atoms with van der Waals surface area (Å²) in [7, 11) is -1.69. The van der Waals surface area contributed by atoms with Crippen LogP contribution < -0.4 is 26.4 Å². The van der Waals surface area contributed by atoms with Gasteiger partial charge in [-0.2, -0.15) is 0 Å². The number of amides is 2. The van der Waals surface area contributed by atoms with Crippen molar-refractivity contribution in [1.82, 2.24) is 20.7 Å². The zero-order valence-electron chi connectivity index (χ0n) is 27.1. The summed E-state index contributed by atoms with van der Waals surface area (Å²) in [5.41, 5.74) is 8.78. The highest BCUT2D eigenvalue weighted by atomic mass is 32.2. The van der Waals surface area contributed by atoms with Crippen LogP contribution in [0.3, 0.4) is 0 Å². The van der Waals surface area contributed by atoms with Crippen LogP contribution in [-0.4, -0.2) is 58.1 Å². The highest BCUT2D eigenvalue weighted by molar-refractivity contribution is 7.82. The maximum absolute atomic E-state index is 13.9. The van der Waals surface area contributed by atoms with Gasteiger partial charge in [0.2, 0.25) is 11.8 Å². The molecule has 8 N–H and O–H groups in total. The van der Waals surface area contributed by atoms with Gasteiger partial charge in [0.15, 0.2) is 0 Å². The number of amidine groups is 1. The monoisotopic (exact) mass is 674 g/mol. The van der Waals surface area contributed by atoms with E-state index < -0.39 is 34.9 Å². The predicted octanol–water partition coefficient (Wildman–Crippen LogP) is 3.39. The molecule has 0 saturated carbocycles. The number of aromatic carboxylic acids is 1. The number of rotatable bonds is 18. The average molecular weight is 675 g/mol. The molecule has 1 aliphatic rings. The molecule has 2 amide bonds. The number of piperidine rings is 1. The molecule has 1 saturated heterocycles. The van der Waals surface area contributed by atoms with Crippen LogP contribution in [0.2, 0.25) is 0 Å². The lowest BCUT2D eigenvalue weighted by Gasteiger charge is -2.26. The highest BCUT2D eigenvalue weighted by Gasteiger charge is 2.28. The van der Waals surface area contributed by atoms with E-state index in [9.17, 15) is 23.7 Å². The minimum absolute atomic E-state index is 0.0195. The summed E-state index contributed by atoms with van der Waals surface area (Å²) >= 11 is 0. The standard InChI is InChI=1S/C36H46N6O5S/c37-33(38)29-15-12-27(13-16-29)23-40-34(43)31(17-14-26-18-20-39-21-19-26)41-35(44)32(11-5-8-25-6-2-1-3-7-25)42-48(47)24-28-9-4-10-30(22-28)36(45)46/h1-4,6-7,9-10,12-13,15-16,22,26,31-32,39,42H,5,8,11,14,17-21,23-24H2,(H3,37,38)(H,40,43)(H,41,44)(H,45,46). The van der Waals surface area contributed by atoms with Crippen LogP contribution in [0.1, 0.15) is 71.1 Å². The van der Waals surface area contributed by atoms with E-state index in [1.807, 2.05) is 30.3 Å². The van der Waals surface area contributed by atoms with Crippen molar-refractivity contribution < 1.29 is 23.7 Å². The van der Waals surface area contributed by atoms with Crippen molar-refractivity contribution in [2.75, 3.05) is 13.1 Å². The summed E-state index contributed by atoms with van der Waals surface area (Å²) in [6, 6.07) is 21.6. The summed E-state index contributed by atoms with van der Waals surface area (Å²) in [5, 5.41) is 26.2. The quantitative estimate of drug-likeness (QED) is 0.0796. The van der Waals surface area contributed by atoms with Crippen LogP contribution in [0.4, 0.5) is 0 Å². The van der Waals surface area contributed by atoms with Gasteiger partial charge >= 0.3 is 5.97 Å². The number of aryl methyl sites for hydroxylation is 1. The molecule has 11 nitrogen and oxygen atoms in total. The van der Waals surface area contributed by atoms with E-state index in [1.165, 1.54) is 12.1 Å². The first-order valence-electron chi connectivity index (χ1n) is 16.4. The Labute approximate surface area is 284 Å². The van der Waals surface area contributed by atoms with Gasteiger partial charge < -0.3 is 26.8 Å². The fraction of sp³-hybridized carbons (Fsp3) is 0.389. The third kappa shape index (κ3) is 12.0. The van der Waals surface area contributed by atoms with E-state index in [0.717, 1.165) is 49.9 Å². The van der Waals surface area contributed by atoms with E-state index in [1.54, 1.807) is 36.4 Å². The minimum Gasteiger partial charge on any atom is -0.478 e. The summed E-state index contributed by atoms with van der Waals surface area (Å²) in [4.78, 5) is 38.8. The first-order chi connectivity index (χ1) is 23.2. The SMILES string of the molecule is N=C(N)c1ccc(CNC(=O)C(CCC2CCNCC2)NC(=O)C(CCCc2ccccc2)NS(=O)Cc2cccc(C(=O)O)c2)cc1. The van der Waals surface area contributed by atoms with Gasteiger partial charge in [-0.05, 0) is 92.8 Å².